The van der Waals surface area contributed by atoms with Crippen molar-refractivity contribution in [1.29, 1.82) is 0 Å². The third-order valence-corrected chi connectivity index (χ3v) is 5.92. The van der Waals surface area contributed by atoms with E-state index in [2.05, 4.69) is 15.6 Å². The molecule has 3 rings (SSSR count). The molecule has 0 saturated carbocycles. The van der Waals surface area contributed by atoms with E-state index in [9.17, 15) is 19.1 Å². The minimum Gasteiger partial charge on any atom is -0.394 e. The number of carbonyl (C=O) groups excluding carboxylic acids is 2. The first-order chi connectivity index (χ1) is 16.3. The minimum absolute atomic E-state index is 0.0519. The molecule has 2 bridgehead atoms. The van der Waals surface area contributed by atoms with E-state index in [-0.39, 0.29) is 37.6 Å². The molecular formula is C23H33FN6O4. The summed E-state index contributed by atoms with van der Waals surface area (Å²) in [6.07, 6.45) is 2.29. The molecule has 1 aromatic carbocycles. The highest BCUT2D eigenvalue weighted by Gasteiger charge is 2.28. The number of halogens is 1. The lowest BCUT2D eigenvalue weighted by molar-refractivity contribution is -0.136. The van der Waals surface area contributed by atoms with Crippen LogP contribution in [0.4, 0.5) is 14.9 Å². The molecule has 3 atom stereocenters. The molecule has 1 aliphatic heterocycles. The first-order valence-electron chi connectivity index (χ1n) is 11.5. The van der Waals surface area contributed by atoms with E-state index in [1.807, 2.05) is 6.92 Å². The molecule has 3 amide bonds. The molecular weight excluding hydrogens is 443 g/mol. The van der Waals surface area contributed by atoms with Crippen molar-refractivity contribution in [1.82, 2.24) is 24.8 Å². The third-order valence-electron chi connectivity index (χ3n) is 5.92. The van der Waals surface area contributed by atoms with E-state index in [1.165, 1.54) is 23.1 Å². The summed E-state index contributed by atoms with van der Waals surface area (Å²) in [4.78, 5) is 28.8. The number of aliphatic hydroxyl groups is 1. The normalized spacial score (nSPS) is 20.6. The zero-order chi connectivity index (χ0) is 24.7. The number of aliphatic hydroxyl groups excluding tert-OH is 1. The van der Waals surface area contributed by atoms with Crippen LogP contribution in [-0.2, 0) is 22.7 Å². The van der Waals surface area contributed by atoms with Crippen molar-refractivity contribution < 1.29 is 23.8 Å². The van der Waals surface area contributed by atoms with Gasteiger partial charge in [-0.05, 0) is 31.5 Å². The predicted molar refractivity (Wildman–Crippen MR) is 123 cm³/mol. The maximum atomic E-state index is 13.5. The number of urea groups is 1. The van der Waals surface area contributed by atoms with Gasteiger partial charge in [0.05, 0.1) is 31.6 Å². The summed E-state index contributed by atoms with van der Waals surface area (Å²) in [5.74, 6) is -0.648. The quantitative estimate of drug-likeness (QED) is 0.684. The highest BCUT2D eigenvalue weighted by atomic mass is 19.1. The van der Waals surface area contributed by atoms with Crippen LogP contribution >= 0.6 is 0 Å². The number of fused-ring (bicyclic) bond motifs is 2. The summed E-state index contributed by atoms with van der Waals surface area (Å²) in [7, 11) is 1.63. The molecule has 34 heavy (non-hydrogen) atoms. The molecule has 186 valence electrons. The minimum atomic E-state index is -0.441. The lowest BCUT2D eigenvalue weighted by atomic mass is 10.0. The Kier molecular flexibility index (Phi) is 8.94. The summed E-state index contributed by atoms with van der Waals surface area (Å²) < 4.78 is 21.3. The molecule has 0 spiro atoms. The highest BCUT2D eigenvalue weighted by molar-refractivity contribution is 5.89. The van der Waals surface area contributed by atoms with Crippen molar-refractivity contribution in [3.05, 3.63) is 42.0 Å². The summed E-state index contributed by atoms with van der Waals surface area (Å²) in [5.41, 5.74) is 1.01. The molecule has 1 aliphatic rings. The van der Waals surface area contributed by atoms with Crippen molar-refractivity contribution in [2.75, 3.05) is 32.1 Å². The molecule has 2 aromatic rings. The lowest BCUT2D eigenvalue weighted by Crippen LogP contribution is -2.48. The van der Waals surface area contributed by atoms with Crippen molar-refractivity contribution in [3.8, 4) is 0 Å². The molecule has 0 fully saturated rings. The number of hydrogen-bond acceptors (Lipinski definition) is 6. The number of aryl methyl sites for hydroxylation is 1. The summed E-state index contributed by atoms with van der Waals surface area (Å²) in [6, 6.07) is 4.92. The number of anilines is 1. The monoisotopic (exact) mass is 476 g/mol. The van der Waals surface area contributed by atoms with E-state index in [0.717, 1.165) is 0 Å². The second-order valence-electron chi connectivity index (χ2n) is 8.80. The Hall–Kier alpha value is -3.05. The Morgan fingerprint density at radius 2 is 2.24 bits per heavy atom. The van der Waals surface area contributed by atoms with Gasteiger partial charge < -0.3 is 25.0 Å². The van der Waals surface area contributed by atoms with Gasteiger partial charge in [0.2, 0.25) is 5.91 Å². The number of ether oxygens (including phenoxy) is 1. The largest absolute Gasteiger partial charge is 0.394 e. The van der Waals surface area contributed by atoms with Crippen LogP contribution in [0.1, 0.15) is 32.4 Å². The van der Waals surface area contributed by atoms with E-state index in [0.29, 0.717) is 37.3 Å². The van der Waals surface area contributed by atoms with Crippen LogP contribution in [0.5, 0.6) is 0 Å². The average Bonchev–Trinajstić information content (AvgIpc) is 3.26. The van der Waals surface area contributed by atoms with Gasteiger partial charge in [-0.3, -0.25) is 9.48 Å². The zero-order valence-corrected chi connectivity index (χ0v) is 19.9. The van der Waals surface area contributed by atoms with Crippen molar-refractivity contribution >= 4 is 17.6 Å². The van der Waals surface area contributed by atoms with Gasteiger partial charge in [0, 0.05) is 44.7 Å². The van der Waals surface area contributed by atoms with Gasteiger partial charge in [-0.25, -0.2) is 9.18 Å². The van der Waals surface area contributed by atoms with Crippen LogP contribution in [0.3, 0.4) is 0 Å². The van der Waals surface area contributed by atoms with Crippen molar-refractivity contribution in [3.63, 3.8) is 0 Å². The summed E-state index contributed by atoms with van der Waals surface area (Å²) >= 11 is 0. The van der Waals surface area contributed by atoms with Crippen LogP contribution in [0.25, 0.3) is 0 Å². The smallest absolute Gasteiger partial charge is 0.321 e. The highest BCUT2D eigenvalue weighted by Crippen LogP contribution is 2.18. The van der Waals surface area contributed by atoms with E-state index < -0.39 is 18.0 Å². The number of nitrogens with zero attached hydrogens (tertiary/aromatic N) is 5. The van der Waals surface area contributed by atoms with Gasteiger partial charge in [-0.1, -0.05) is 18.2 Å². The zero-order valence-electron chi connectivity index (χ0n) is 19.9. The van der Waals surface area contributed by atoms with Crippen LogP contribution in [0, 0.1) is 11.7 Å². The topological polar surface area (TPSA) is 113 Å². The SMILES string of the molecule is C[C@H](CO)N1C[C@H](C)[C@H](CN(C)C(=O)Nc2cccc(F)c2)OCc2cn(nn2)CCCC1=O. The fraction of sp³-hybridized carbons (Fsp3) is 0.565. The first-order valence-corrected chi connectivity index (χ1v) is 11.5. The summed E-state index contributed by atoms with van der Waals surface area (Å²) in [5, 5.41) is 20.6. The number of likely N-dealkylation sites (N-methyl/N-ethyl adjacent to an activating group) is 1. The number of benzene rings is 1. The molecule has 1 aromatic heterocycles. The molecule has 0 unspecified atom stereocenters. The Morgan fingerprint density at radius 3 is 2.97 bits per heavy atom. The number of carbonyl (C=O) groups is 2. The summed E-state index contributed by atoms with van der Waals surface area (Å²) in [6.45, 7) is 4.97. The average molecular weight is 477 g/mol. The number of amides is 3. The third kappa shape index (κ3) is 6.97. The van der Waals surface area contributed by atoms with Gasteiger partial charge in [0.15, 0.2) is 0 Å². The molecule has 2 heterocycles. The van der Waals surface area contributed by atoms with Crippen LogP contribution < -0.4 is 5.32 Å². The van der Waals surface area contributed by atoms with Crippen LogP contribution in [0.2, 0.25) is 0 Å². The predicted octanol–water partition coefficient (Wildman–Crippen LogP) is 2.11. The van der Waals surface area contributed by atoms with Crippen LogP contribution in [0.15, 0.2) is 30.5 Å². The number of hydrogen-bond donors (Lipinski definition) is 2. The second kappa shape index (κ2) is 11.9. The Balaban J connectivity index is 1.75. The first kappa shape index (κ1) is 25.6. The fourth-order valence-electron chi connectivity index (χ4n) is 3.83. The molecule has 2 N–H and O–H groups in total. The molecule has 11 heteroatoms. The van der Waals surface area contributed by atoms with E-state index >= 15 is 0 Å². The van der Waals surface area contributed by atoms with E-state index in [1.54, 1.807) is 35.8 Å². The van der Waals surface area contributed by atoms with E-state index in [4.69, 9.17) is 4.74 Å². The van der Waals surface area contributed by atoms with Crippen molar-refractivity contribution in [2.45, 2.75) is 52.0 Å². The fourth-order valence-corrected chi connectivity index (χ4v) is 3.83. The Bertz CT molecular complexity index is 970. The molecule has 10 nitrogen and oxygen atoms in total. The maximum Gasteiger partial charge on any atom is 0.321 e. The number of rotatable bonds is 5. The van der Waals surface area contributed by atoms with Crippen LogP contribution in [-0.4, -0.2) is 80.7 Å². The van der Waals surface area contributed by atoms with Gasteiger partial charge in [0.25, 0.3) is 0 Å². The maximum absolute atomic E-state index is 13.5. The van der Waals surface area contributed by atoms with Gasteiger partial charge in [-0.15, -0.1) is 5.10 Å². The molecule has 0 radical (unpaired) electrons. The second-order valence-corrected chi connectivity index (χ2v) is 8.80. The number of aromatic nitrogens is 3. The van der Waals surface area contributed by atoms with Crippen molar-refractivity contribution in [2.24, 2.45) is 5.92 Å². The van der Waals surface area contributed by atoms with Gasteiger partial charge >= 0.3 is 6.03 Å². The Morgan fingerprint density at radius 1 is 1.44 bits per heavy atom. The van der Waals surface area contributed by atoms with Gasteiger partial charge in [-0.2, -0.15) is 0 Å². The number of nitrogens with one attached hydrogen (secondary N) is 1. The lowest BCUT2D eigenvalue weighted by Gasteiger charge is -2.35. The molecule has 0 saturated heterocycles. The Labute approximate surface area is 198 Å². The van der Waals surface area contributed by atoms with Gasteiger partial charge in [0.1, 0.15) is 11.5 Å². The molecule has 0 aliphatic carbocycles. The standard InChI is InChI=1S/C23H33FN6O4/c1-16-11-30(17(2)14-31)22(32)8-5-9-29-12-20(26-27-29)15-34-21(16)13-28(3)23(33)25-19-7-4-6-18(24)10-19/h4,6-7,10,12,16-17,21,31H,5,8-9,11,13-15H2,1-3H3,(H,25,33)/t16-,17+,21-/m0/s1.